The maximum atomic E-state index is 11.2. The number of fused-ring (bicyclic) bond motifs is 1. The third kappa shape index (κ3) is 1.38. The number of rotatable bonds is 2. The molecule has 84 valence electrons. The molecule has 0 bridgehead atoms. The lowest BCUT2D eigenvalue weighted by Gasteiger charge is -1.96. The second-order valence-corrected chi connectivity index (χ2v) is 3.65. The van der Waals surface area contributed by atoms with Crippen LogP contribution in [-0.2, 0) is 0 Å². The Morgan fingerprint density at radius 1 is 1.29 bits per heavy atom. The average Bonchev–Trinajstić information content (AvgIpc) is 2.94. The molecule has 3 rings (SSSR count). The van der Waals surface area contributed by atoms with Gasteiger partial charge in [-0.2, -0.15) is 0 Å². The molecule has 2 heterocycles. The first-order chi connectivity index (χ1) is 8.27. The minimum atomic E-state index is -0.598. The smallest absolute Gasteiger partial charge is 0.271 e. The van der Waals surface area contributed by atoms with Crippen LogP contribution < -0.4 is 5.73 Å². The summed E-state index contributed by atoms with van der Waals surface area (Å²) in [5, 5.41) is 11.0. The van der Waals surface area contributed by atoms with Gasteiger partial charge in [-0.3, -0.25) is 9.89 Å². The summed E-state index contributed by atoms with van der Waals surface area (Å²) >= 11 is 0. The van der Waals surface area contributed by atoms with Gasteiger partial charge in [-0.15, -0.1) is 5.10 Å². The molecule has 0 aliphatic carbocycles. The van der Waals surface area contributed by atoms with Gasteiger partial charge >= 0.3 is 0 Å². The Hall–Kier alpha value is -2.63. The largest absolute Gasteiger partial charge is 0.364 e. The number of nitrogens with one attached hydrogen (secondary N) is 2. The quantitative estimate of drug-likeness (QED) is 0.610. The first-order valence-corrected chi connectivity index (χ1v) is 5.04. The number of hydrogen-bond acceptors (Lipinski definition) is 3. The summed E-state index contributed by atoms with van der Waals surface area (Å²) in [6.45, 7) is 0. The molecule has 0 radical (unpaired) electrons. The second kappa shape index (κ2) is 3.44. The number of carbonyl (C=O) groups is 1. The van der Waals surface area contributed by atoms with E-state index < -0.39 is 5.91 Å². The van der Waals surface area contributed by atoms with Crippen molar-refractivity contribution in [2.75, 3.05) is 0 Å². The molecule has 0 saturated heterocycles. The molecule has 0 aliphatic rings. The monoisotopic (exact) mass is 227 g/mol. The van der Waals surface area contributed by atoms with Crippen LogP contribution >= 0.6 is 0 Å². The topological polar surface area (TPSA) is 100 Å². The van der Waals surface area contributed by atoms with Crippen LogP contribution in [0.3, 0.4) is 0 Å². The van der Waals surface area contributed by atoms with E-state index in [0.29, 0.717) is 5.69 Å². The molecule has 1 aromatic carbocycles. The molecule has 3 aromatic rings. The molecule has 4 N–H and O–H groups in total. The molecule has 0 spiro atoms. The number of H-pyrrole nitrogens is 2. The number of aromatic amines is 2. The molecule has 1 amide bonds. The van der Waals surface area contributed by atoms with Crippen molar-refractivity contribution in [3.8, 4) is 11.3 Å². The van der Waals surface area contributed by atoms with Gasteiger partial charge in [0, 0.05) is 22.7 Å². The fourth-order valence-electron chi connectivity index (χ4n) is 1.87. The maximum Gasteiger partial charge on any atom is 0.271 e. The number of amides is 1. The van der Waals surface area contributed by atoms with Gasteiger partial charge in [0.2, 0.25) is 0 Å². The van der Waals surface area contributed by atoms with E-state index in [4.69, 9.17) is 5.73 Å². The first-order valence-electron chi connectivity index (χ1n) is 5.04. The minimum Gasteiger partial charge on any atom is -0.364 e. The van der Waals surface area contributed by atoms with E-state index in [2.05, 4.69) is 20.4 Å². The van der Waals surface area contributed by atoms with Crippen LogP contribution in [0.5, 0.6) is 0 Å². The zero-order valence-corrected chi connectivity index (χ0v) is 8.77. The standard InChI is InChI=1S/C11H9N5O/c12-11(17)10-9(14-16-15-10)7-5-13-8-4-2-1-3-6(7)8/h1-5,13H,(H2,12,17)(H,14,15,16). The van der Waals surface area contributed by atoms with E-state index in [1.807, 2.05) is 24.3 Å². The molecule has 6 heteroatoms. The van der Waals surface area contributed by atoms with E-state index in [9.17, 15) is 4.79 Å². The van der Waals surface area contributed by atoms with Gasteiger partial charge in [-0.1, -0.05) is 23.4 Å². The molecular formula is C11H9N5O. The van der Waals surface area contributed by atoms with Crippen LogP contribution in [0.15, 0.2) is 30.5 Å². The molecule has 0 atom stereocenters. The molecule has 6 nitrogen and oxygen atoms in total. The SMILES string of the molecule is NC(=O)c1nn[nH]c1-c1c[nH]c2ccccc12. The fourth-order valence-corrected chi connectivity index (χ4v) is 1.87. The Labute approximate surface area is 95.8 Å². The summed E-state index contributed by atoms with van der Waals surface area (Å²) in [4.78, 5) is 14.3. The summed E-state index contributed by atoms with van der Waals surface area (Å²) < 4.78 is 0. The lowest BCUT2D eigenvalue weighted by atomic mass is 10.1. The highest BCUT2D eigenvalue weighted by Crippen LogP contribution is 2.28. The summed E-state index contributed by atoms with van der Waals surface area (Å²) in [5.74, 6) is -0.598. The van der Waals surface area contributed by atoms with Crippen molar-refractivity contribution < 1.29 is 4.79 Å². The summed E-state index contributed by atoms with van der Waals surface area (Å²) in [7, 11) is 0. The van der Waals surface area contributed by atoms with Gasteiger partial charge in [-0.25, -0.2) is 0 Å². The highest BCUT2D eigenvalue weighted by atomic mass is 16.1. The van der Waals surface area contributed by atoms with Crippen LogP contribution in [0.2, 0.25) is 0 Å². The number of aromatic nitrogens is 4. The van der Waals surface area contributed by atoms with Crippen molar-refractivity contribution in [2.24, 2.45) is 5.73 Å². The zero-order valence-electron chi connectivity index (χ0n) is 8.77. The van der Waals surface area contributed by atoms with E-state index in [1.165, 1.54) is 0 Å². The number of nitrogens with two attached hydrogens (primary N) is 1. The van der Waals surface area contributed by atoms with E-state index in [0.717, 1.165) is 16.5 Å². The minimum absolute atomic E-state index is 0.148. The first kappa shape index (κ1) is 9.59. The van der Waals surface area contributed by atoms with Crippen LogP contribution in [0.4, 0.5) is 0 Å². The predicted molar refractivity (Wildman–Crippen MR) is 62.2 cm³/mol. The average molecular weight is 227 g/mol. The summed E-state index contributed by atoms with van der Waals surface area (Å²) in [6.07, 6.45) is 1.80. The number of carbonyl (C=O) groups excluding carboxylic acids is 1. The van der Waals surface area contributed by atoms with Crippen LogP contribution in [-0.4, -0.2) is 26.3 Å². The highest BCUT2D eigenvalue weighted by molar-refractivity contribution is 6.02. The molecule has 17 heavy (non-hydrogen) atoms. The van der Waals surface area contributed by atoms with Crippen molar-refractivity contribution >= 4 is 16.8 Å². The molecular weight excluding hydrogens is 218 g/mol. The van der Waals surface area contributed by atoms with Crippen molar-refractivity contribution in [1.29, 1.82) is 0 Å². The fraction of sp³-hybridized carbons (Fsp3) is 0. The number of para-hydroxylation sites is 1. The van der Waals surface area contributed by atoms with E-state index >= 15 is 0 Å². The van der Waals surface area contributed by atoms with Gasteiger partial charge in [0.25, 0.3) is 5.91 Å². The van der Waals surface area contributed by atoms with Crippen LogP contribution in [0.1, 0.15) is 10.5 Å². The Kier molecular flexibility index (Phi) is 1.94. The summed E-state index contributed by atoms with van der Waals surface area (Å²) in [5.41, 5.74) is 7.73. The van der Waals surface area contributed by atoms with Crippen molar-refractivity contribution in [3.05, 3.63) is 36.2 Å². The van der Waals surface area contributed by atoms with Crippen molar-refractivity contribution in [1.82, 2.24) is 20.4 Å². The highest BCUT2D eigenvalue weighted by Gasteiger charge is 2.17. The lowest BCUT2D eigenvalue weighted by molar-refractivity contribution is 0.0996. The van der Waals surface area contributed by atoms with Gasteiger partial charge in [0.15, 0.2) is 5.69 Å². The molecule has 0 fully saturated rings. The molecule has 0 saturated carbocycles. The van der Waals surface area contributed by atoms with Gasteiger partial charge < -0.3 is 10.7 Å². The van der Waals surface area contributed by atoms with Crippen LogP contribution in [0.25, 0.3) is 22.2 Å². The maximum absolute atomic E-state index is 11.2. The van der Waals surface area contributed by atoms with Crippen LogP contribution in [0, 0.1) is 0 Å². The van der Waals surface area contributed by atoms with Gasteiger partial charge in [0.1, 0.15) is 5.69 Å². The van der Waals surface area contributed by atoms with Crippen molar-refractivity contribution in [2.45, 2.75) is 0 Å². The van der Waals surface area contributed by atoms with Gasteiger partial charge in [-0.05, 0) is 6.07 Å². The summed E-state index contributed by atoms with van der Waals surface area (Å²) in [6, 6.07) is 7.76. The van der Waals surface area contributed by atoms with E-state index in [1.54, 1.807) is 6.20 Å². The molecule has 0 unspecified atom stereocenters. The van der Waals surface area contributed by atoms with Gasteiger partial charge in [0.05, 0.1) is 0 Å². The third-order valence-corrected chi connectivity index (χ3v) is 2.64. The molecule has 2 aromatic heterocycles. The second-order valence-electron chi connectivity index (χ2n) is 3.65. The van der Waals surface area contributed by atoms with Crippen molar-refractivity contribution in [3.63, 3.8) is 0 Å². The molecule has 0 aliphatic heterocycles. The Morgan fingerprint density at radius 2 is 2.12 bits per heavy atom. The zero-order chi connectivity index (χ0) is 11.8. The Morgan fingerprint density at radius 3 is 2.94 bits per heavy atom. The number of primary amides is 1. The predicted octanol–water partition coefficient (Wildman–Crippen LogP) is 1.05. The Bertz CT molecular complexity index is 697. The number of hydrogen-bond donors (Lipinski definition) is 3. The number of nitrogens with zero attached hydrogens (tertiary/aromatic N) is 2. The lowest BCUT2D eigenvalue weighted by Crippen LogP contribution is -2.12. The Balaban J connectivity index is 2.28. The number of benzene rings is 1. The normalized spacial score (nSPS) is 10.8. The third-order valence-electron chi connectivity index (χ3n) is 2.64. The van der Waals surface area contributed by atoms with E-state index in [-0.39, 0.29) is 5.69 Å².